The highest BCUT2D eigenvalue weighted by molar-refractivity contribution is 5.91. The lowest BCUT2D eigenvalue weighted by Crippen LogP contribution is -2.50. The molecule has 9 heteroatoms. The maximum atomic E-state index is 12.2. The average Bonchev–Trinajstić information content (AvgIpc) is 2.95. The number of pyridine rings is 2. The summed E-state index contributed by atoms with van der Waals surface area (Å²) >= 11 is 0. The first-order valence-electron chi connectivity index (χ1n) is 10.2. The number of anilines is 1. The van der Waals surface area contributed by atoms with Crippen LogP contribution in [0.25, 0.3) is 16.7 Å². The van der Waals surface area contributed by atoms with Crippen LogP contribution in [0.1, 0.15) is 45.0 Å². The van der Waals surface area contributed by atoms with E-state index in [1.54, 1.807) is 21.8 Å². The molecule has 0 radical (unpaired) electrons. The zero-order chi connectivity index (χ0) is 22.3. The highest BCUT2D eigenvalue weighted by Gasteiger charge is 2.35. The Bertz CT molecular complexity index is 1160. The van der Waals surface area contributed by atoms with Crippen LogP contribution in [0.4, 0.5) is 10.6 Å². The smallest absolute Gasteiger partial charge is 0.410 e. The molecule has 0 aliphatic carbocycles. The van der Waals surface area contributed by atoms with Crippen molar-refractivity contribution in [2.24, 2.45) is 0 Å². The lowest BCUT2D eigenvalue weighted by Gasteiger charge is -2.39. The fourth-order valence-corrected chi connectivity index (χ4v) is 3.51. The second-order valence-corrected chi connectivity index (χ2v) is 8.77. The molecule has 2 amide bonds. The summed E-state index contributed by atoms with van der Waals surface area (Å²) in [5.74, 6) is 1.09. The van der Waals surface area contributed by atoms with Gasteiger partial charge in [0, 0.05) is 49.3 Å². The van der Waals surface area contributed by atoms with Gasteiger partial charge in [-0.3, -0.25) is 4.79 Å². The normalized spacial score (nSPS) is 14.4. The molecular weight excluding hydrogens is 396 g/mol. The Morgan fingerprint density at radius 2 is 1.97 bits per heavy atom. The number of amides is 2. The van der Waals surface area contributed by atoms with Crippen LogP contribution in [-0.2, 0) is 9.53 Å². The molecule has 0 spiro atoms. The summed E-state index contributed by atoms with van der Waals surface area (Å²) in [7, 11) is 0. The molecule has 1 fully saturated rings. The molecule has 0 saturated carbocycles. The lowest BCUT2D eigenvalue weighted by atomic mass is 9.96. The minimum Gasteiger partial charge on any atom is -0.444 e. The van der Waals surface area contributed by atoms with Gasteiger partial charge in [-0.1, -0.05) is 6.07 Å². The van der Waals surface area contributed by atoms with Crippen LogP contribution in [0, 0.1) is 6.92 Å². The van der Waals surface area contributed by atoms with Crippen LogP contribution in [0.3, 0.4) is 0 Å². The summed E-state index contributed by atoms with van der Waals surface area (Å²) in [5, 5.41) is 8.22. The zero-order valence-electron chi connectivity index (χ0n) is 18.3. The van der Waals surface area contributed by atoms with Crippen molar-refractivity contribution in [1.29, 1.82) is 0 Å². The van der Waals surface area contributed by atoms with E-state index in [0.717, 1.165) is 22.3 Å². The molecule has 0 unspecified atom stereocenters. The standard InChI is InChI=1S/C22H26N6O3/c1-13-16-10-23-19(24-14(2)29)9-18(16)28(26-13)20-8-6-7-17(25-20)15-11-27(12-15)21(30)31-22(3,4)5/h6-10,15H,11-12H2,1-5H3,(H,23,24,29). The molecule has 4 rings (SSSR count). The predicted molar refractivity (Wildman–Crippen MR) is 116 cm³/mol. The minimum absolute atomic E-state index is 0.145. The Kier molecular flexibility index (Phi) is 5.12. The molecule has 0 atom stereocenters. The highest BCUT2D eigenvalue weighted by Crippen LogP contribution is 2.29. The summed E-state index contributed by atoms with van der Waals surface area (Å²) in [6, 6.07) is 7.58. The number of carbonyl (C=O) groups is 2. The summed E-state index contributed by atoms with van der Waals surface area (Å²) < 4.78 is 7.18. The van der Waals surface area contributed by atoms with Gasteiger partial charge in [0.15, 0.2) is 5.82 Å². The van der Waals surface area contributed by atoms with Crippen molar-refractivity contribution in [2.45, 2.75) is 46.1 Å². The van der Waals surface area contributed by atoms with Gasteiger partial charge < -0.3 is 15.0 Å². The second kappa shape index (κ2) is 7.64. The molecule has 1 N–H and O–H groups in total. The zero-order valence-corrected chi connectivity index (χ0v) is 18.3. The van der Waals surface area contributed by atoms with Gasteiger partial charge in [-0.15, -0.1) is 0 Å². The van der Waals surface area contributed by atoms with E-state index in [2.05, 4.69) is 15.4 Å². The van der Waals surface area contributed by atoms with Crippen molar-refractivity contribution >= 4 is 28.7 Å². The van der Waals surface area contributed by atoms with Crippen LogP contribution in [0.5, 0.6) is 0 Å². The van der Waals surface area contributed by atoms with E-state index in [0.29, 0.717) is 24.7 Å². The van der Waals surface area contributed by atoms with E-state index in [1.807, 2.05) is 45.9 Å². The second-order valence-electron chi connectivity index (χ2n) is 8.77. The van der Waals surface area contributed by atoms with E-state index in [9.17, 15) is 9.59 Å². The fourth-order valence-electron chi connectivity index (χ4n) is 3.51. The molecule has 1 aliphatic heterocycles. The van der Waals surface area contributed by atoms with Gasteiger partial charge in [-0.2, -0.15) is 5.10 Å². The summed E-state index contributed by atoms with van der Waals surface area (Å²) in [6.45, 7) is 10.1. The third-order valence-electron chi connectivity index (χ3n) is 4.98. The van der Waals surface area contributed by atoms with Crippen LogP contribution in [0.15, 0.2) is 30.5 Å². The predicted octanol–water partition coefficient (Wildman–Crippen LogP) is 3.42. The minimum atomic E-state index is -0.510. The van der Waals surface area contributed by atoms with Crippen LogP contribution in [0.2, 0.25) is 0 Å². The van der Waals surface area contributed by atoms with Gasteiger partial charge in [0.25, 0.3) is 0 Å². The summed E-state index contributed by atoms with van der Waals surface area (Å²) in [4.78, 5) is 34.4. The Morgan fingerprint density at radius 1 is 1.23 bits per heavy atom. The molecule has 1 aliphatic rings. The number of aromatic nitrogens is 4. The third-order valence-corrected chi connectivity index (χ3v) is 4.98. The molecular formula is C22H26N6O3. The lowest BCUT2D eigenvalue weighted by molar-refractivity contribution is -0.114. The molecule has 4 heterocycles. The molecule has 3 aromatic heterocycles. The number of aryl methyl sites for hydroxylation is 1. The number of rotatable bonds is 3. The summed E-state index contributed by atoms with van der Waals surface area (Å²) in [6.07, 6.45) is 1.40. The monoisotopic (exact) mass is 422 g/mol. The van der Waals surface area contributed by atoms with E-state index < -0.39 is 5.60 Å². The molecule has 1 saturated heterocycles. The first-order chi connectivity index (χ1) is 14.6. The number of ether oxygens (including phenoxy) is 1. The van der Waals surface area contributed by atoms with Crippen molar-refractivity contribution < 1.29 is 14.3 Å². The Labute approximate surface area is 180 Å². The Hall–Kier alpha value is -3.49. The fraction of sp³-hybridized carbons (Fsp3) is 0.409. The Morgan fingerprint density at radius 3 is 2.65 bits per heavy atom. The first kappa shape index (κ1) is 20.8. The van der Waals surface area contributed by atoms with Gasteiger partial charge in [-0.25, -0.2) is 19.4 Å². The molecule has 0 aromatic carbocycles. The van der Waals surface area contributed by atoms with Gasteiger partial charge in [0.2, 0.25) is 5.91 Å². The van der Waals surface area contributed by atoms with E-state index in [-0.39, 0.29) is 17.9 Å². The molecule has 162 valence electrons. The van der Waals surface area contributed by atoms with Crippen molar-refractivity contribution in [3.05, 3.63) is 41.9 Å². The van der Waals surface area contributed by atoms with Crippen LogP contribution >= 0.6 is 0 Å². The van der Waals surface area contributed by atoms with Gasteiger partial charge in [0.05, 0.1) is 11.2 Å². The van der Waals surface area contributed by atoms with Crippen LogP contribution < -0.4 is 5.32 Å². The number of hydrogen-bond donors (Lipinski definition) is 1. The molecule has 0 bridgehead atoms. The number of carbonyl (C=O) groups excluding carboxylic acids is 2. The molecule has 9 nitrogen and oxygen atoms in total. The molecule has 3 aromatic rings. The number of nitrogens with zero attached hydrogens (tertiary/aromatic N) is 5. The van der Waals surface area contributed by atoms with E-state index in [4.69, 9.17) is 9.72 Å². The maximum absolute atomic E-state index is 12.2. The number of likely N-dealkylation sites (tertiary alicyclic amines) is 1. The van der Waals surface area contributed by atoms with Gasteiger partial charge in [-0.05, 0) is 39.8 Å². The maximum Gasteiger partial charge on any atom is 0.410 e. The summed E-state index contributed by atoms with van der Waals surface area (Å²) in [5.41, 5.74) is 2.02. The average molecular weight is 422 g/mol. The Balaban J connectivity index is 1.57. The number of nitrogens with one attached hydrogen (secondary N) is 1. The topological polar surface area (TPSA) is 102 Å². The third kappa shape index (κ3) is 4.35. The van der Waals surface area contributed by atoms with Crippen LogP contribution in [-0.4, -0.2) is 55.3 Å². The van der Waals surface area contributed by atoms with Gasteiger partial charge >= 0.3 is 6.09 Å². The van der Waals surface area contributed by atoms with Crippen molar-refractivity contribution in [3.8, 4) is 5.82 Å². The van der Waals surface area contributed by atoms with E-state index >= 15 is 0 Å². The van der Waals surface area contributed by atoms with Crippen molar-refractivity contribution in [3.63, 3.8) is 0 Å². The SMILES string of the molecule is CC(=O)Nc1cc2c(cn1)c(C)nn2-c1cccc(C2CN(C(=O)OC(C)(C)C)C2)n1. The first-order valence-corrected chi connectivity index (χ1v) is 10.2. The van der Waals surface area contributed by atoms with E-state index in [1.165, 1.54) is 6.92 Å². The molecule has 31 heavy (non-hydrogen) atoms. The van der Waals surface area contributed by atoms with Gasteiger partial charge in [0.1, 0.15) is 11.4 Å². The quantitative estimate of drug-likeness (QED) is 0.694. The van der Waals surface area contributed by atoms with Crippen molar-refractivity contribution in [1.82, 2.24) is 24.6 Å². The number of hydrogen-bond acceptors (Lipinski definition) is 6. The highest BCUT2D eigenvalue weighted by atomic mass is 16.6. The van der Waals surface area contributed by atoms with Crippen molar-refractivity contribution in [2.75, 3.05) is 18.4 Å². The number of fused-ring (bicyclic) bond motifs is 1. The largest absolute Gasteiger partial charge is 0.444 e.